The van der Waals surface area contributed by atoms with Gasteiger partial charge in [-0.3, -0.25) is 4.79 Å². The maximum Gasteiger partial charge on any atom is 0.516 e. The van der Waals surface area contributed by atoms with Crippen LogP contribution in [0, 0.1) is 46.3 Å². The lowest BCUT2D eigenvalue weighted by molar-refractivity contribution is -0.141. The van der Waals surface area contributed by atoms with Gasteiger partial charge in [0.1, 0.15) is 6.10 Å². The number of esters is 1. The molecular weight excluding hydrogens is 617 g/mol. The summed E-state index contributed by atoms with van der Waals surface area (Å²) in [5, 5.41) is 0. The molecule has 0 radical (unpaired) electrons. The number of ether oxygens (including phenoxy) is 2. The number of carbonyl (C=O) groups is 2. The molecule has 4 rings (SSSR count). The van der Waals surface area contributed by atoms with Crippen LogP contribution in [0.4, 0.5) is 4.79 Å². The Labute approximate surface area is 308 Å². The predicted molar refractivity (Wildman–Crippen MR) is 209 cm³/mol. The Balaban J connectivity index is 1.11. The van der Waals surface area contributed by atoms with E-state index in [0.29, 0.717) is 11.8 Å². The molecule has 0 aromatic carbocycles. The van der Waals surface area contributed by atoms with Crippen molar-refractivity contribution in [2.45, 2.75) is 208 Å². The van der Waals surface area contributed by atoms with Gasteiger partial charge in [0.2, 0.25) is 0 Å². The fourth-order valence-corrected chi connectivity index (χ4v) is 11.4. The molecule has 4 aliphatic carbocycles. The molecule has 50 heavy (non-hydrogen) atoms. The molecule has 4 heteroatoms. The summed E-state index contributed by atoms with van der Waals surface area (Å²) in [6, 6.07) is 0. The third-order valence-electron chi connectivity index (χ3n) is 14.4. The van der Waals surface area contributed by atoms with E-state index in [1.807, 2.05) is 0 Å². The average Bonchev–Trinajstić information content (AvgIpc) is 3.43. The van der Waals surface area contributed by atoms with E-state index in [4.69, 9.17) is 9.47 Å². The molecule has 4 nitrogen and oxygen atoms in total. The summed E-state index contributed by atoms with van der Waals surface area (Å²) in [5.41, 5.74) is 2.22. The SMILES string of the molecule is CCCCCCCC/C=C\CCCCCCCC(=O)OC(=O)OC1CC[C@@]2(C)C(=CCC3C2CC[C@@]2(C)C3CC[C@@H]2[C@H](C)CCCC(C)C)C1. The molecule has 0 spiro atoms. The van der Waals surface area contributed by atoms with Crippen LogP contribution < -0.4 is 0 Å². The minimum atomic E-state index is -0.793. The second kappa shape index (κ2) is 20.6. The van der Waals surface area contributed by atoms with E-state index in [2.05, 4.69) is 59.8 Å². The smallest absolute Gasteiger partial charge is 0.430 e. The summed E-state index contributed by atoms with van der Waals surface area (Å²) in [6.45, 7) is 14.7. The molecular formula is C46H78O4. The van der Waals surface area contributed by atoms with Crippen molar-refractivity contribution in [2.24, 2.45) is 46.3 Å². The van der Waals surface area contributed by atoms with Gasteiger partial charge >= 0.3 is 12.1 Å². The Morgan fingerprint density at radius 3 is 2.18 bits per heavy atom. The molecule has 4 unspecified atom stereocenters. The van der Waals surface area contributed by atoms with Gasteiger partial charge in [-0.05, 0) is 123 Å². The highest BCUT2D eigenvalue weighted by atomic mass is 16.7. The molecule has 0 N–H and O–H groups in total. The van der Waals surface area contributed by atoms with Gasteiger partial charge in [-0.15, -0.1) is 0 Å². The molecule has 0 bridgehead atoms. The maximum atomic E-state index is 12.6. The fourth-order valence-electron chi connectivity index (χ4n) is 11.4. The normalized spacial score (nSPS) is 31.2. The number of allylic oxidation sites excluding steroid dienone is 3. The fraction of sp³-hybridized carbons (Fsp3) is 0.870. The van der Waals surface area contributed by atoms with Crippen LogP contribution in [-0.2, 0) is 14.3 Å². The van der Waals surface area contributed by atoms with Crippen LogP contribution in [0.5, 0.6) is 0 Å². The van der Waals surface area contributed by atoms with E-state index >= 15 is 0 Å². The second-order valence-corrected chi connectivity index (χ2v) is 18.3. The zero-order valence-corrected chi connectivity index (χ0v) is 33.6. The van der Waals surface area contributed by atoms with Gasteiger partial charge in [0.25, 0.3) is 0 Å². The van der Waals surface area contributed by atoms with E-state index in [0.717, 1.165) is 80.5 Å². The van der Waals surface area contributed by atoms with Gasteiger partial charge in [0, 0.05) is 12.8 Å². The largest absolute Gasteiger partial charge is 0.516 e. The first kappa shape index (κ1) is 41.2. The number of fused-ring (bicyclic) bond motifs is 5. The van der Waals surface area contributed by atoms with E-state index < -0.39 is 12.1 Å². The van der Waals surface area contributed by atoms with Gasteiger partial charge in [-0.25, -0.2) is 4.79 Å². The molecule has 0 aromatic rings. The molecule has 286 valence electrons. The third-order valence-corrected chi connectivity index (χ3v) is 14.4. The number of rotatable bonds is 21. The van der Waals surface area contributed by atoms with Crippen LogP contribution in [0.2, 0.25) is 0 Å². The Bertz CT molecular complexity index is 1090. The quantitative estimate of drug-likeness (QED) is 0.0519. The zero-order chi connectivity index (χ0) is 36.0. The van der Waals surface area contributed by atoms with Crippen molar-refractivity contribution in [3.63, 3.8) is 0 Å². The van der Waals surface area contributed by atoms with Crippen molar-refractivity contribution < 1.29 is 19.1 Å². The van der Waals surface area contributed by atoms with Crippen molar-refractivity contribution in [3.8, 4) is 0 Å². The molecule has 3 saturated carbocycles. The van der Waals surface area contributed by atoms with Crippen molar-refractivity contribution in [1.29, 1.82) is 0 Å². The summed E-state index contributed by atoms with van der Waals surface area (Å²) in [7, 11) is 0. The summed E-state index contributed by atoms with van der Waals surface area (Å²) in [6.07, 6.45) is 36.0. The monoisotopic (exact) mass is 695 g/mol. The predicted octanol–water partition coefficient (Wildman–Crippen LogP) is 14.1. The second-order valence-electron chi connectivity index (χ2n) is 18.3. The number of hydrogen-bond donors (Lipinski definition) is 0. The molecule has 0 amide bonds. The maximum absolute atomic E-state index is 12.6. The Hall–Kier alpha value is -1.58. The first-order valence-electron chi connectivity index (χ1n) is 21.8. The van der Waals surface area contributed by atoms with Crippen LogP contribution in [0.15, 0.2) is 23.8 Å². The van der Waals surface area contributed by atoms with Crippen molar-refractivity contribution in [2.75, 3.05) is 0 Å². The van der Waals surface area contributed by atoms with Crippen LogP contribution >= 0.6 is 0 Å². The lowest BCUT2D eigenvalue weighted by Gasteiger charge is -2.58. The van der Waals surface area contributed by atoms with E-state index in [1.165, 1.54) is 115 Å². The zero-order valence-electron chi connectivity index (χ0n) is 33.6. The molecule has 4 aliphatic rings. The molecule has 0 aliphatic heterocycles. The van der Waals surface area contributed by atoms with Crippen molar-refractivity contribution >= 4 is 12.1 Å². The number of hydrogen-bond acceptors (Lipinski definition) is 4. The minimum absolute atomic E-state index is 0.178. The number of carbonyl (C=O) groups excluding carboxylic acids is 2. The van der Waals surface area contributed by atoms with Crippen LogP contribution in [-0.4, -0.2) is 18.2 Å². The molecule has 0 saturated heterocycles. The van der Waals surface area contributed by atoms with Crippen molar-refractivity contribution in [3.05, 3.63) is 23.8 Å². The van der Waals surface area contributed by atoms with Crippen LogP contribution in [0.3, 0.4) is 0 Å². The summed E-state index contributed by atoms with van der Waals surface area (Å²) >= 11 is 0. The average molecular weight is 695 g/mol. The van der Waals surface area contributed by atoms with E-state index in [-0.39, 0.29) is 11.5 Å². The van der Waals surface area contributed by atoms with Crippen molar-refractivity contribution in [1.82, 2.24) is 0 Å². The van der Waals surface area contributed by atoms with E-state index in [9.17, 15) is 9.59 Å². The Morgan fingerprint density at radius 2 is 1.48 bits per heavy atom. The van der Waals surface area contributed by atoms with Crippen LogP contribution in [0.1, 0.15) is 202 Å². The van der Waals surface area contributed by atoms with Gasteiger partial charge in [-0.1, -0.05) is 136 Å². The number of unbranched alkanes of at least 4 members (excludes halogenated alkanes) is 11. The summed E-state index contributed by atoms with van der Waals surface area (Å²) in [5.74, 6) is 4.49. The third kappa shape index (κ3) is 11.5. The minimum Gasteiger partial charge on any atom is -0.430 e. The molecule has 8 atom stereocenters. The Kier molecular flexibility index (Phi) is 17.0. The van der Waals surface area contributed by atoms with Gasteiger partial charge in [0.05, 0.1) is 0 Å². The first-order chi connectivity index (χ1) is 24.1. The molecule has 0 aromatic heterocycles. The first-order valence-corrected chi connectivity index (χ1v) is 21.8. The lowest BCUT2D eigenvalue weighted by Crippen LogP contribution is -2.51. The Morgan fingerprint density at radius 1 is 0.800 bits per heavy atom. The highest BCUT2D eigenvalue weighted by molar-refractivity contribution is 5.81. The topological polar surface area (TPSA) is 52.6 Å². The van der Waals surface area contributed by atoms with Crippen LogP contribution in [0.25, 0.3) is 0 Å². The highest BCUT2D eigenvalue weighted by Crippen LogP contribution is 2.67. The standard InChI is InChI=1S/C46H78O4/c1-7-8-9-10-11-12-13-14-15-16-17-18-19-20-21-25-43(47)50-44(48)49-38-30-32-45(5)37(34-38)26-27-39-41-29-28-40(36(4)24-22-23-35(2)3)46(41,6)33-31-42(39)45/h14-15,26,35-36,38-42H,7-13,16-25,27-34H2,1-6H3/b15-14-/t36-,38?,39?,40-,41?,42?,45+,46-/m1/s1. The van der Waals surface area contributed by atoms with Gasteiger partial charge in [-0.2, -0.15) is 0 Å². The van der Waals surface area contributed by atoms with Gasteiger partial charge < -0.3 is 9.47 Å². The summed E-state index contributed by atoms with van der Waals surface area (Å²) in [4.78, 5) is 25.0. The molecule has 0 heterocycles. The van der Waals surface area contributed by atoms with E-state index in [1.54, 1.807) is 0 Å². The summed E-state index contributed by atoms with van der Waals surface area (Å²) < 4.78 is 10.9. The highest BCUT2D eigenvalue weighted by Gasteiger charge is 2.59. The van der Waals surface area contributed by atoms with Gasteiger partial charge in [0.15, 0.2) is 0 Å². The lowest BCUT2D eigenvalue weighted by atomic mass is 9.47. The molecule has 3 fully saturated rings.